The van der Waals surface area contributed by atoms with E-state index in [4.69, 9.17) is 10.5 Å². The topological polar surface area (TPSA) is 57.2 Å². The molecular weight excluding hydrogens is 180 g/mol. The summed E-state index contributed by atoms with van der Waals surface area (Å²) >= 11 is 0. The molecule has 14 heavy (non-hydrogen) atoms. The van der Waals surface area contributed by atoms with Crippen LogP contribution >= 0.6 is 0 Å². The van der Waals surface area contributed by atoms with Crippen molar-refractivity contribution < 1.29 is 4.74 Å². The van der Waals surface area contributed by atoms with Crippen LogP contribution in [0.5, 0.6) is 0 Å². The van der Waals surface area contributed by atoms with Gasteiger partial charge in [0.2, 0.25) is 5.43 Å². The molecule has 0 spiro atoms. The van der Waals surface area contributed by atoms with Gasteiger partial charge in [0.05, 0.1) is 11.8 Å². The first-order valence-corrected chi connectivity index (χ1v) is 4.83. The van der Waals surface area contributed by atoms with Crippen LogP contribution in [0.25, 0.3) is 0 Å². The third kappa shape index (κ3) is 1.96. The number of hydrogen-bond donors (Lipinski definition) is 1. The summed E-state index contributed by atoms with van der Waals surface area (Å²) < 4.78 is 7.40. The number of anilines is 1. The first-order valence-electron chi connectivity index (χ1n) is 4.83. The quantitative estimate of drug-likeness (QED) is 0.750. The largest absolute Gasteiger partial charge is 0.394 e. The molecule has 1 atom stereocenters. The molecule has 4 nitrogen and oxygen atoms in total. The van der Waals surface area contributed by atoms with Crippen molar-refractivity contribution >= 4 is 5.69 Å². The van der Waals surface area contributed by atoms with Gasteiger partial charge in [0.15, 0.2) is 0 Å². The Hall–Kier alpha value is -1.29. The second kappa shape index (κ2) is 3.84. The molecule has 1 aromatic rings. The molecular formula is C10H14N2O2. The maximum Gasteiger partial charge on any atom is 0.204 e. The number of nitrogens with two attached hydrogens (primary N) is 1. The fourth-order valence-electron chi connectivity index (χ4n) is 1.68. The predicted octanol–water partition coefficient (Wildman–Crippen LogP) is 0.610. The summed E-state index contributed by atoms with van der Waals surface area (Å²) in [6.07, 6.45) is 5.91. The normalized spacial score (nSPS) is 21.3. The number of aromatic nitrogens is 1. The minimum absolute atomic E-state index is 0.117. The Morgan fingerprint density at radius 1 is 1.64 bits per heavy atom. The molecule has 2 N–H and O–H groups in total. The Bertz CT molecular complexity index is 367. The lowest BCUT2D eigenvalue weighted by atomic mass is 10.2. The number of rotatable bonds is 2. The number of hydrogen-bond acceptors (Lipinski definition) is 3. The number of nitrogens with zero attached hydrogens (tertiary/aromatic N) is 1. The smallest absolute Gasteiger partial charge is 0.204 e. The van der Waals surface area contributed by atoms with Crippen molar-refractivity contribution in [2.24, 2.45) is 0 Å². The lowest BCUT2D eigenvalue weighted by Crippen LogP contribution is -2.17. The molecule has 0 radical (unpaired) electrons. The molecule has 0 saturated carbocycles. The van der Waals surface area contributed by atoms with Gasteiger partial charge in [-0.25, -0.2) is 0 Å². The highest BCUT2D eigenvalue weighted by molar-refractivity contribution is 5.33. The third-order valence-electron chi connectivity index (χ3n) is 2.45. The standard InChI is InChI=1S/C10H14N2O2/c11-9-7-12(4-3-10(9)13)6-8-2-1-5-14-8/h3-4,7-8H,1-2,5-6,11H2/t8-/m0/s1. The fourth-order valence-corrected chi connectivity index (χ4v) is 1.68. The minimum Gasteiger partial charge on any atom is -0.394 e. The number of pyridine rings is 1. The van der Waals surface area contributed by atoms with Gasteiger partial charge in [-0.1, -0.05) is 0 Å². The fraction of sp³-hybridized carbons (Fsp3) is 0.500. The van der Waals surface area contributed by atoms with Crippen molar-refractivity contribution in [3.8, 4) is 0 Å². The minimum atomic E-state index is -0.117. The molecule has 1 aliphatic rings. The van der Waals surface area contributed by atoms with Gasteiger partial charge in [-0.15, -0.1) is 0 Å². The van der Waals surface area contributed by atoms with Crippen LogP contribution in [-0.2, 0) is 11.3 Å². The molecule has 1 saturated heterocycles. The van der Waals surface area contributed by atoms with E-state index in [0.717, 1.165) is 26.0 Å². The highest BCUT2D eigenvalue weighted by Crippen LogP contribution is 2.13. The molecule has 76 valence electrons. The van der Waals surface area contributed by atoms with Crippen LogP contribution in [0.1, 0.15) is 12.8 Å². The van der Waals surface area contributed by atoms with Crippen LogP contribution in [-0.4, -0.2) is 17.3 Å². The van der Waals surface area contributed by atoms with E-state index in [1.165, 1.54) is 6.07 Å². The molecule has 0 aromatic carbocycles. The van der Waals surface area contributed by atoms with Crippen molar-refractivity contribution in [3.05, 3.63) is 28.7 Å². The lowest BCUT2D eigenvalue weighted by molar-refractivity contribution is 0.0969. The van der Waals surface area contributed by atoms with Crippen molar-refractivity contribution in [1.29, 1.82) is 0 Å². The summed E-state index contributed by atoms with van der Waals surface area (Å²) in [6.45, 7) is 1.63. The van der Waals surface area contributed by atoms with Gasteiger partial charge in [0, 0.05) is 31.6 Å². The summed E-state index contributed by atoms with van der Waals surface area (Å²) in [7, 11) is 0. The van der Waals surface area contributed by atoms with E-state index >= 15 is 0 Å². The van der Waals surface area contributed by atoms with Crippen molar-refractivity contribution in [2.75, 3.05) is 12.3 Å². The molecule has 0 aliphatic carbocycles. The average molecular weight is 194 g/mol. The van der Waals surface area contributed by atoms with Gasteiger partial charge in [-0.05, 0) is 12.8 Å². The van der Waals surface area contributed by atoms with Crippen LogP contribution in [0.15, 0.2) is 23.3 Å². The van der Waals surface area contributed by atoms with E-state index in [1.54, 1.807) is 12.4 Å². The van der Waals surface area contributed by atoms with E-state index in [2.05, 4.69) is 0 Å². The lowest BCUT2D eigenvalue weighted by Gasteiger charge is -2.12. The van der Waals surface area contributed by atoms with Gasteiger partial charge in [0.25, 0.3) is 0 Å². The first kappa shape index (κ1) is 9.27. The Labute approximate surface area is 82.3 Å². The van der Waals surface area contributed by atoms with Crippen LogP contribution in [0.4, 0.5) is 5.69 Å². The van der Waals surface area contributed by atoms with E-state index in [0.29, 0.717) is 5.69 Å². The van der Waals surface area contributed by atoms with Crippen molar-refractivity contribution in [3.63, 3.8) is 0 Å². The summed E-state index contributed by atoms with van der Waals surface area (Å²) in [5.41, 5.74) is 5.70. The van der Waals surface area contributed by atoms with E-state index in [9.17, 15) is 4.79 Å². The maximum atomic E-state index is 11.0. The van der Waals surface area contributed by atoms with Crippen LogP contribution in [0, 0.1) is 0 Å². The molecule has 0 bridgehead atoms. The highest BCUT2D eigenvalue weighted by Gasteiger charge is 2.15. The SMILES string of the molecule is Nc1cn(C[C@@H]2CCCO2)ccc1=O. The number of nitrogen functional groups attached to an aromatic ring is 1. The highest BCUT2D eigenvalue weighted by atomic mass is 16.5. The molecule has 1 aliphatic heterocycles. The Balaban J connectivity index is 2.09. The summed E-state index contributed by atoms with van der Waals surface area (Å²) in [4.78, 5) is 11.0. The molecule has 0 amide bonds. The van der Waals surface area contributed by atoms with Crippen LogP contribution in [0.2, 0.25) is 0 Å². The zero-order valence-electron chi connectivity index (χ0n) is 7.98. The molecule has 2 heterocycles. The van der Waals surface area contributed by atoms with Gasteiger partial charge >= 0.3 is 0 Å². The summed E-state index contributed by atoms with van der Waals surface area (Å²) in [5, 5.41) is 0. The Morgan fingerprint density at radius 2 is 2.50 bits per heavy atom. The van der Waals surface area contributed by atoms with E-state index in [1.807, 2.05) is 4.57 Å². The number of ether oxygens (including phenoxy) is 1. The average Bonchev–Trinajstić information content (AvgIpc) is 2.64. The van der Waals surface area contributed by atoms with Gasteiger partial charge in [-0.2, -0.15) is 0 Å². The van der Waals surface area contributed by atoms with Gasteiger partial charge < -0.3 is 15.0 Å². The monoisotopic (exact) mass is 194 g/mol. The van der Waals surface area contributed by atoms with E-state index in [-0.39, 0.29) is 11.5 Å². The van der Waals surface area contributed by atoms with Crippen molar-refractivity contribution in [1.82, 2.24) is 4.57 Å². The molecule has 0 unspecified atom stereocenters. The Kier molecular flexibility index (Phi) is 2.54. The zero-order valence-corrected chi connectivity index (χ0v) is 7.98. The first-order chi connectivity index (χ1) is 6.75. The predicted molar refractivity (Wildman–Crippen MR) is 54.1 cm³/mol. The van der Waals surface area contributed by atoms with Crippen LogP contribution < -0.4 is 11.2 Å². The molecule has 2 rings (SSSR count). The molecule has 1 fully saturated rings. The molecule has 4 heteroatoms. The summed E-state index contributed by atoms with van der Waals surface area (Å²) in [6, 6.07) is 1.49. The van der Waals surface area contributed by atoms with Gasteiger partial charge in [0.1, 0.15) is 0 Å². The summed E-state index contributed by atoms with van der Waals surface area (Å²) in [5.74, 6) is 0. The Morgan fingerprint density at radius 3 is 3.14 bits per heavy atom. The third-order valence-corrected chi connectivity index (χ3v) is 2.45. The second-order valence-electron chi connectivity index (χ2n) is 3.60. The second-order valence-corrected chi connectivity index (χ2v) is 3.60. The zero-order chi connectivity index (χ0) is 9.97. The molecule has 1 aromatic heterocycles. The maximum absolute atomic E-state index is 11.0. The van der Waals surface area contributed by atoms with E-state index < -0.39 is 0 Å². The van der Waals surface area contributed by atoms with Gasteiger partial charge in [-0.3, -0.25) is 4.79 Å². The van der Waals surface area contributed by atoms with Crippen LogP contribution in [0.3, 0.4) is 0 Å². The van der Waals surface area contributed by atoms with Crippen molar-refractivity contribution in [2.45, 2.75) is 25.5 Å².